The van der Waals surface area contributed by atoms with Gasteiger partial charge >= 0.3 is 0 Å². The molecule has 0 aliphatic heterocycles. The normalized spacial score (nSPS) is 12.4. The molecule has 1 unspecified atom stereocenters. The summed E-state index contributed by atoms with van der Waals surface area (Å²) in [7, 11) is 3.61. The van der Waals surface area contributed by atoms with Gasteiger partial charge in [-0.15, -0.1) is 0 Å². The highest BCUT2D eigenvalue weighted by Gasteiger charge is 2.00. The van der Waals surface area contributed by atoms with Crippen molar-refractivity contribution in [1.82, 2.24) is 5.32 Å². The lowest BCUT2D eigenvalue weighted by atomic mass is 10.1. The summed E-state index contributed by atoms with van der Waals surface area (Å²) in [6, 6.07) is 8.11. The van der Waals surface area contributed by atoms with E-state index in [1.54, 1.807) is 7.11 Å². The van der Waals surface area contributed by atoms with E-state index >= 15 is 0 Å². The van der Waals surface area contributed by atoms with Crippen LogP contribution in [-0.4, -0.2) is 33.4 Å². The third kappa shape index (κ3) is 4.64. The highest BCUT2D eigenvalue weighted by molar-refractivity contribution is 5.27. The number of hydrogen-bond acceptors (Lipinski definition) is 3. The molecule has 1 aromatic carbocycles. The van der Waals surface area contributed by atoms with E-state index in [4.69, 9.17) is 9.47 Å². The molecule has 0 aliphatic carbocycles. The number of benzene rings is 1. The van der Waals surface area contributed by atoms with Crippen LogP contribution in [0.2, 0.25) is 0 Å². The second kappa shape index (κ2) is 7.25. The molecule has 0 fully saturated rings. The minimum Gasteiger partial charge on any atom is -0.497 e. The average molecular weight is 223 g/mol. The molecule has 16 heavy (non-hydrogen) atoms. The minimum absolute atomic E-state index is 0.267. The van der Waals surface area contributed by atoms with Gasteiger partial charge in [0.25, 0.3) is 0 Å². The molecule has 1 rings (SSSR count). The molecule has 1 atom stereocenters. The van der Waals surface area contributed by atoms with Crippen LogP contribution in [0.5, 0.6) is 5.75 Å². The third-order valence-corrected chi connectivity index (χ3v) is 2.44. The summed E-state index contributed by atoms with van der Waals surface area (Å²) < 4.78 is 10.8. The third-order valence-electron chi connectivity index (χ3n) is 2.44. The molecule has 0 bridgehead atoms. The van der Waals surface area contributed by atoms with Gasteiger partial charge in [-0.1, -0.05) is 12.1 Å². The molecule has 0 amide bonds. The molecule has 0 radical (unpaired) electrons. The van der Waals surface area contributed by atoms with Gasteiger partial charge in [0.2, 0.25) is 0 Å². The maximum absolute atomic E-state index is 5.65. The molecule has 3 nitrogen and oxygen atoms in total. The first-order valence-electron chi connectivity index (χ1n) is 5.65. The number of ether oxygens (including phenoxy) is 2. The summed E-state index contributed by atoms with van der Waals surface area (Å²) in [4.78, 5) is 0. The van der Waals surface area contributed by atoms with Crippen molar-refractivity contribution in [2.45, 2.75) is 19.4 Å². The van der Waals surface area contributed by atoms with E-state index in [0.29, 0.717) is 0 Å². The van der Waals surface area contributed by atoms with E-state index in [1.807, 2.05) is 19.2 Å². The van der Waals surface area contributed by atoms with Crippen molar-refractivity contribution in [1.29, 1.82) is 0 Å². The first-order valence-corrected chi connectivity index (χ1v) is 5.65. The highest BCUT2D eigenvalue weighted by atomic mass is 16.5. The molecule has 3 heteroatoms. The van der Waals surface area contributed by atoms with E-state index in [-0.39, 0.29) is 6.10 Å². The second-order valence-corrected chi connectivity index (χ2v) is 3.84. The Morgan fingerprint density at radius 1 is 1.25 bits per heavy atom. The monoisotopic (exact) mass is 223 g/mol. The molecule has 0 aliphatic rings. The Kier molecular flexibility index (Phi) is 5.90. The lowest BCUT2D eigenvalue weighted by Crippen LogP contribution is -2.24. The van der Waals surface area contributed by atoms with E-state index in [2.05, 4.69) is 24.4 Å². The van der Waals surface area contributed by atoms with Crippen LogP contribution in [0.4, 0.5) is 0 Å². The van der Waals surface area contributed by atoms with Gasteiger partial charge in [0.15, 0.2) is 0 Å². The van der Waals surface area contributed by atoms with Gasteiger partial charge in [0.1, 0.15) is 5.75 Å². The van der Waals surface area contributed by atoms with Gasteiger partial charge in [0.05, 0.1) is 19.8 Å². The number of rotatable bonds is 7. The molecule has 0 heterocycles. The van der Waals surface area contributed by atoms with Crippen LogP contribution < -0.4 is 10.1 Å². The molecular weight excluding hydrogens is 202 g/mol. The number of nitrogens with one attached hydrogen (secondary N) is 1. The lowest BCUT2D eigenvalue weighted by Gasteiger charge is -2.12. The SMILES string of the molecule is CNCC(C)OCCc1ccc(OC)cc1. The van der Waals surface area contributed by atoms with Crippen molar-refractivity contribution in [3.8, 4) is 5.75 Å². The van der Waals surface area contributed by atoms with Gasteiger partial charge < -0.3 is 14.8 Å². The van der Waals surface area contributed by atoms with Gasteiger partial charge in [-0.05, 0) is 38.1 Å². The van der Waals surface area contributed by atoms with E-state index in [9.17, 15) is 0 Å². The van der Waals surface area contributed by atoms with E-state index in [0.717, 1.165) is 25.3 Å². The zero-order valence-electron chi connectivity index (χ0n) is 10.3. The summed E-state index contributed by atoms with van der Waals surface area (Å²) >= 11 is 0. The first kappa shape index (κ1) is 13.0. The minimum atomic E-state index is 0.267. The second-order valence-electron chi connectivity index (χ2n) is 3.84. The number of methoxy groups -OCH3 is 1. The fourth-order valence-electron chi connectivity index (χ4n) is 1.52. The lowest BCUT2D eigenvalue weighted by molar-refractivity contribution is 0.0696. The first-order chi connectivity index (χ1) is 7.76. The molecule has 1 N–H and O–H groups in total. The Bertz CT molecular complexity index is 284. The van der Waals surface area contributed by atoms with Gasteiger partial charge in [-0.3, -0.25) is 0 Å². The van der Waals surface area contributed by atoms with Crippen LogP contribution >= 0.6 is 0 Å². The summed E-state index contributed by atoms with van der Waals surface area (Å²) in [6.07, 6.45) is 1.21. The maximum atomic E-state index is 5.65. The Labute approximate surface area is 97.8 Å². The molecule has 0 aromatic heterocycles. The van der Waals surface area contributed by atoms with E-state index < -0.39 is 0 Å². The standard InChI is InChI=1S/C13H21NO2/c1-11(10-14-2)16-9-8-12-4-6-13(15-3)7-5-12/h4-7,11,14H,8-10H2,1-3H3. The Morgan fingerprint density at radius 2 is 1.94 bits per heavy atom. The van der Waals surface area contributed by atoms with Crippen LogP contribution in [0.25, 0.3) is 0 Å². The van der Waals surface area contributed by atoms with Crippen LogP contribution in [0.1, 0.15) is 12.5 Å². The fraction of sp³-hybridized carbons (Fsp3) is 0.538. The molecule has 0 saturated heterocycles. The number of likely N-dealkylation sites (N-methyl/N-ethyl adjacent to an activating group) is 1. The van der Waals surface area contributed by atoms with Gasteiger partial charge in [-0.25, -0.2) is 0 Å². The average Bonchev–Trinajstić information content (AvgIpc) is 2.30. The summed E-state index contributed by atoms with van der Waals surface area (Å²) in [5, 5.41) is 3.09. The zero-order chi connectivity index (χ0) is 11.8. The van der Waals surface area contributed by atoms with Gasteiger partial charge in [0, 0.05) is 6.54 Å². The molecule has 1 aromatic rings. The molecule has 0 saturated carbocycles. The molecule has 0 spiro atoms. The van der Waals surface area contributed by atoms with Crippen molar-refractivity contribution in [3.63, 3.8) is 0 Å². The fourth-order valence-corrected chi connectivity index (χ4v) is 1.52. The summed E-state index contributed by atoms with van der Waals surface area (Å²) in [5.41, 5.74) is 1.28. The Morgan fingerprint density at radius 3 is 2.50 bits per heavy atom. The zero-order valence-corrected chi connectivity index (χ0v) is 10.3. The van der Waals surface area contributed by atoms with Gasteiger partial charge in [-0.2, -0.15) is 0 Å². The predicted octanol–water partition coefficient (Wildman–Crippen LogP) is 1.86. The van der Waals surface area contributed by atoms with Crippen molar-refractivity contribution in [2.75, 3.05) is 27.3 Å². The van der Waals surface area contributed by atoms with Crippen LogP contribution in [0.15, 0.2) is 24.3 Å². The van der Waals surface area contributed by atoms with E-state index in [1.165, 1.54) is 5.56 Å². The Balaban J connectivity index is 2.26. The van der Waals surface area contributed by atoms with Crippen LogP contribution in [-0.2, 0) is 11.2 Å². The predicted molar refractivity (Wildman–Crippen MR) is 66.0 cm³/mol. The smallest absolute Gasteiger partial charge is 0.118 e. The van der Waals surface area contributed by atoms with Crippen molar-refractivity contribution in [2.24, 2.45) is 0 Å². The summed E-state index contributed by atoms with van der Waals surface area (Å²) in [6.45, 7) is 3.72. The largest absolute Gasteiger partial charge is 0.497 e. The van der Waals surface area contributed by atoms with Crippen LogP contribution in [0, 0.1) is 0 Å². The van der Waals surface area contributed by atoms with Crippen molar-refractivity contribution in [3.05, 3.63) is 29.8 Å². The summed E-state index contributed by atoms with van der Waals surface area (Å²) in [5.74, 6) is 0.896. The molecule has 90 valence electrons. The highest BCUT2D eigenvalue weighted by Crippen LogP contribution is 2.11. The Hall–Kier alpha value is -1.06. The number of hydrogen-bond donors (Lipinski definition) is 1. The quantitative estimate of drug-likeness (QED) is 0.765. The maximum Gasteiger partial charge on any atom is 0.118 e. The molecular formula is C13H21NO2. The van der Waals surface area contributed by atoms with Crippen molar-refractivity contribution >= 4 is 0 Å². The van der Waals surface area contributed by atoms with Crippen molar-refractivity contribution < 1.29 is 9.47 Å². The topological polar surface area (TPSA) is 30.5 Å². The van der Waals surface area contributed by atoms with Crippen LogP contribution in [0.3, 0.4) is 0 Å².